The maximum atomic E-state index is 9.33. The topological polar surface area (TPSA) is 58.8 Å². The van der Waals surface area contributed by atoms with Gasteiger partial charge in [-0.25, -0.2) is 9.97 Å². The first-order valence-electron chi connectivity index (χ1n) is 6.55. The number of hydrogen-bond acceptors (Lipinski definition) is 4. The Kier molecular flexibility index (Phi) is 3.00. The molecule has 4 heteroatoms. The molecule has 0 radical (unpaired) electrons. The van der Waals surface area contributed by atoms with E-state index in [1.807, 2.05) is 6.07 Å². The van der Waals surface area contributed by atoms with Crippen LogP contribution in [0.2, 0.25) is 0 Å². The Morgan fingerprint density at radius 1 is 1.25 bits per heavy atom. The van der Waals surface area contributed by atoms with Crippen molar-refractivity contribution in [2.45, 2.75) is 19.3 Å². The molecule has 2 aromatic rings. The lowest BCUT2D eigenvalue weighted by molar-refractivity contribution is -0.0338. The zero-order valence-electron chi connectivity index (χ0n) is 11.6. The Bertz CT molecular complexity index is 699. The first kappa shape index (κ1) is 12.8. The normalized spacial score (nSPS) is 16.2. The molecule has 1 aromatic carbocycles. The first-order chi connectivity index (χ1) is 9.64. The van der Waals surface area contributed by atoms with Crippen molar-refractivity contribution < 1.29 is 4.74 Å². The van der Waals surface area contributed by atoms with Crippen LogP contribution in [0.1, 0.15) is 17.0 Å². The largest absolute Gasteiger partial charge is 0.377 e. The van der Waals surface area contributed by atoms with Crippen LogP contribution in [0.25, 0.3) is 11.3 Å². The fourth-order valence-corrected chi connectivity index (χ4v) is 2.39. The standard InChI is InChI=1S/C16H15N3O/c1-11-3-4-13(12(2)7-11)14-5-6-18-15(19-14)16(8-17)9-20-10-16/h3-7H,9-10H2,1-2H3. The summed E-state index contributed by atoms with van der Waals surface area (Å²) in [6, 6.07) is 10.4. The molecule has 1 aromatic heterocycles. The first-order valence-corrected chi connectivity index (χ1v) is 6.55. The number of nitrogens with zero attached hydrogens (tertiary/aromatic N) is 3. The third kappa shape index (κ3) is 1.97. The van der Waals surface area contributed by atoms with Gasteiger partial charge >= 0.3 is 0 Å². The molecule has 0 atom stereocenters. The highest BCUT2D eigenvalue weighted by Crippen LogP contribution is 2.30. The van der Waals surface area contributed by atoms with Gasteiger partial charge < -0.3 is 4.74 Å². The summed E-state index contributed by atoms with van der Waals surface area (Å²) in [5.41, 5.74) is 3.66. The van der Waals surface area contributed by atoms with Crippen molar-refractivity contribution in [1.82, 2.24) is 9.97 Å². The molecule has 0 saturated carbocycles. The van der Waals surface area contributed by atoms with Gasteiger partial charge in [0.25, 0.3) is 0 Å². The molecule has 0 N–H and O–H groups in total. The molecule has 3 rings (SSSR count). The molecule has 1 aliphatic heterocycles. The van der Waals surface area contributed by atoms with E-state index in [0.29, 0.717) is 19.0 Å². The Labute approximate surface area is 118 Å². The molecule has 0 aliphatic carbocycles. The quantitative estimate of drug-likeness (QED) is 0.837. The van der Waals surface area contributed by atoms with Crippen LogP contribution in [0.5, 0.6) is 0 Å². The molecular weight excluding hydrogens is 250 g/mol. The predicted octanol–water partition coefficient (Wildman–Crippen LogP) is 2.55. The van der Waals surface area contributed by atoms with E-state index in [4.69, 9.17) is 4.74 Å². The second-order valence-corrected chi connectivity index (χ2v) is 5.27. The van der Waals surface area contributed by atoms with Crippen molar-refractivity contribution >= 4 is 0 Å². The van der Waals surface area contributed by atoms with Crippen molar-refractivity contribution in [1.29, 1.82) is 5.26 Å². The monoisotopic (exact) mass is 265 g/mol. The zero-order chi connectivity index (χ0) is 14.2. The maximum Gasteiger partial charge on any atom is 0.163 e. The van der Waals surface area contributed by atoms with E-state index in [0.717, 1.165) is 11.3 Å². The summed E-state index contributed by atoms with van der Waals surface area (Å²) in [7, 11) is 0. The number of rotatable bonds is 2. The van der Waals surface area contributed by atoms with Gasteiger partial charge in [0, 0.05) is 11.8 Å². The highest BCUT2D eigenvalue weighted by atomic mass is 16.5. The SMILES string of the molecule is Cc1ccc(-c2ccnc(C3(C#N)COC3)n2)c(C)c1. The molecule has 1 saturated heterocycles. The smallest absolute Gasteiger partial charge is 0.163 e. The molecule has 20 heavy (non-hydrogen) atoms. The molecule has 0 spiro atoms. The van der Waals surface area contributed by atoms with Gasteiger partial charge in [-0.2, -0.15) is 5.26 Å². The van der Waals surface area contributed by atoms with Crippen LogP contribution < -0.4 is 0 Å². The Balaban J connectivity index is 2.06. The number of hydrogen-bond donors (Lipinski definition) is 0. The van der Waals surface area contributed by atoms with E-state index in [1.165, 1.54) is 11.1 Å². The summed E-state index contributed by atoms with van der Waals surface area (Å²) in [4.78, 5) is 8.85. The zero-order valence-corrected chi connectivity index (χ0v) is 11.6. The van der Waals surface area contributed by atoms with Crippen LogP contribution in [0.3, 0.4) is 0 Å². The van der Waals surface area contributed by atoms with Gasteiger partial charge in [0.15, 0.2) is 11.2 Å². The van der Waals surface area contributed by atoms with Gasteiger partial charge in [0.2, 0.25) is 0 Å². The van der Waals surface area contributed by atoms with Crippen molar-refractivity contribution in [3.05, 3.63) is 47.4 Å². The van der Waals surface area contributed by atoms with E-state index in [2.05, 4.69) is 48.1 Å². The number of aryl methyl sites for hydroxylation is 2. The van der Waals surface area contributed by atoms with E-state index in [1.54, 1.807) is 6.20 Å². The van der Waals surface area contributed by atoms with Gasteiger partial charge in [0.1, 0.15) is 0 Å². The predicted molar refractivity (Wildman–Crippen MR) is 75.1 cm³/mol. The lowest BCUT2D eigenvalue weighted by Gasteiger charge is -2.33. The van der Waals surface area contributed by atoms with Crippen molar-refractivity contribution in [3.63, 3.8) is 0 Å². The Morgan fingerprint density at radius 3 is 2.65 bits per heavy atom. The minimum Gasteiger partial charge on any atom is -0.377 e. The summed E-state index contributed by atoms with van der Waals surface area (Å²) in [6.45, 7) is 4.88. The third-order valence-corrected chi connectivity index (χ3v) is 3.65. The minimum atomic E-state index is -0.672. The van der Waals surface area contributed by atoms with Crippen LogP contribution in [0, 0.1) is 25.2 Å². The molecule has 1 fully saturated rings. The summed E-state index contributed by atoms with van der Waals surface area (Å²) >= 11 is 0. The number of nitriles is 1. The summed E-state index contributed by atoms with van der Waals surface area (Å²) < 4.78 is 5.17. The average molecular weight is 265 g/mol. The molecule has 100 valence electrons. The van der Waals surface area contributed by atoms with Crippen molar-refractivity contribution in [2.75, 3.05) is 13.2 Å². The van der Waals surface area contributed by atoms with Gasteiger partial charge in [-0.15, -0.1) is 0 Å². The fraction of sp³-hybridized carbons (Fsp3) is 0.312. The summed E-state index contributed by atoms with van der Waals surface area (Å²) in [6.07, 6.45) is 1.72. The molecule has 1 aliphatic rings. The molecular formula is C16H15N3O. The number of ether oxygens (including phenoxy) is 1. The highest BCUT2D eigenvalue weighted by molar-refractivity contribution is 5.63. The van der Waals surface area contributed by atoms with E-state index >= 15 is 0 Å². The molecule has 0 amide bonds. The lowest BCUT2D eigenvalue weighted by atomic mass is 9.86. The molecule has 2 heterocycles. The summed E-state index contributed by atoms with van der Waals surface area (Å²) in [5, 5.41) is 9.33. The third-order valence-electron chi connectivity index (χ3n) is 3.65. The van der Waals surface area contributed by atoms with Gasteiger partial charge in [-0.1, -0.05) is 23.8 Å². The Morgan fingerprint density at radius 2 is 2.05 bits per heavy atom. The molecule has 0 bridgehead atoms. The maximum absolute atomic E-state index is 9.33. The van der Waals surface area contributed by atoms with Crippen LogP contribution in [0.4, 0.5) is 0 Å². The van der Waals surface area contributed by atoms with E-state index < -0.39 is 5.41 Å². The van der Waals surface area contributed by atoms with Gasteiger partial charge in [-0.05, 0) is 25.5 Å². The summed E-state index contributed by atoms with van der Waals surface area (Å²) in [5.74, 6) is 0.559. The van der Waals surface area contributed by atoms with Gasteiger partial charge in [0.05, 0.1) is 25.0 Å². The van der Waals surface area contributed by atoms with E-state index in [9.17, 15) is 5.26 Å². The molecule has 4 nitrogen and oxygen atoms in total. The van der Waals surface area contributed by atoms with Gasteiger partial charge in [-0.3, -0.25) is 0 Å². The van der Waals surface area contributed by atoms with E-state index in [-0.39, 0.29) is 0 Å². The lowest BCUT2D eigenvalue weighted by Crippen LogP contribution is -2.46. The average Bonchev–Trinajstić information content (AvgIpc) is 2.38. The van der Waals surface area contributed by atoms with Crippen LogP contribution in [-0.2, 0) is 10.2 Å². The van der Waals surface area contributed by atoms with Crippen molar-refractivity contribution in [2.24, 2.45) is 0 Å². The second-order valence-electron chi connectivity index (χ2n) is 5.27. The van der Waals surface area contributed by atoms with Crippen LogP contribution in [0.15, 0.2) is 30.5 Å². The van der Waals surface area contributed by atoms with Crippen LogP contribution >= 0.6 is 0 Å². The van der Waals surface area contributed by atoms with Crippen LogP contribution in [-0.4, -0.2) is 23.2 Å². The minimum absolute atomic E-state index is 0.375. The van der Waals surface area contributed by atoms with Crippen molar-refractivity contribution in [3.8, 4) is 17.3 Å². The molecule has 0 unspecified atom stereocenters. The second kappa shape index (κ2) is 4.69. The fourth-order valence-electron chi connectivity index (χ4n) is 2.39. The number of aromatic nitrogens is 2. The number of benzene rings is 1. The highest BCUT2D eigenvalue weighted by Gasteiger charge is 2.43. The Hall–Kier alpha value is -2.25.